The zero-order valence-corrected chi connectivity index (χ0v) is 11.7. The van der Waals surface area contributed by atoms with Crippen LogP contribution in [0.1, 0.15) is 44.2 Å². The molecule has 2 heteroatoms. The van der Waals surface area contributed by atoms with Crippen LogP contribution in [0.4, 0.5) is 0 Å². The number of nitrogens with one attached hydrogen (secondary N) is 1. The molecular weight excluding hydrogens is 222 g/mol. The number of rotatable bonds is 3. The normalized spacial score (nSPS) is 28.3. The smallest absolute Gasteiger partial charge is 0.122 e. The molecule has 3 unspecified atom stereocenters. The predicted octanol–water partition coefficient (Wildman–Crippen LogP) is 3.61. The zero-order valence-electron chi connectivity index (χ0n) is 11.7. The third-order valence-corrected chi connectivity index (χ3v) is 4.31. The summed E-state index contributed by atoms with van der Waals surface area (Å²) in [6.45, 7) is 7.41. The molecule has 0 aromatic heterocycles. The molecule has 0 saturated heterocycles. The average molecular weight is 247 g/mol. The molecular formula is C16H25NO. The molecule has 0 heterocycles. The van der Waals surface area contributed by atoms with Crippen LogP contribution in [-0.4, -0.2) is 11.1 Å². The number of aryl methyl sites for hydroxylation is 1. The largest absolute Gasteiger partial charge is 0.507 e. The molecule has 3 atom stereocenters. The summed E-state index contributed by atoms with van der Waals surface area (Å²) in [6, 6.07) is 6.56. The van der Waals surface area contributed by atoms with Gasteiger partial charge < -0.3 is 10.4 Å². The van der Waals surface area contributed by atoms with Gasteiger partial charge in [-0.15, -0.1) is 0 Å². The summed E-state index contributed by atoms with van der Waals surface area (Å²) >= 11 is 0. The summed E-state index contributed by atoms with van der Waals surface area (Å²) in [5, 5.41) is 13.6. The molecule has 0 bridgehead atoms. The molecule has 2 nitrogen and oxygen atoms in total. The molecule has 1 aliphatic rings. The summed E-state index contributed by atoms with van der Waals surface area (Å²) < 4.78 is 0. The summed E-state index contributed by atoms with van der Waals surface area (Å²) in [5.41, 5.74) is 1.97. The maximum Gasteiger partial charge on any atom is 0.122 e. The Kier molecular flexibility index (Phi) is 4.28. The van der Waals surface area contributed by atoms with Gasteiger partial charge in [0.1, 0.15) is 5.75 Å². The number of hydrogen-bond donors (Lipinski definition) is 2. The third-order valence-electron chi connectivity index (χ3n) is 4.31. The predicted molar refractivity (Wildman–Crippen MR) is 75.7 cm³/mol. The second kappa shape index (κ2) is 5.75. The number of phenols is 1. The number of benzene rings is 1. The first-order chi connectivity index (χ1) is 8.58. The van der Waals surface area contributed by atoms with Gasteiger partial charge >= 0.3 is 0 Å². The number of para-hydroxylation sites is 1. The van der Waals surface area contributed by atoms with E-state index in [1.807, 2.05) is 25.1 Å². The molecule has 0 amide bonds. The summed E-state index contributed by atoms with van der Waals surface area (Å²) in [7, 11) is 0. The fourth-order valence-corrected chi connectivity index (χ4v) is 3.07. The highest BCUT2D eigenvalue weighted by Gasteiger charge is 2.24. The van der Waals surface area contributed by atoms with E-state index in [2.05, 4.69) is 19.2 Å². The van der Waals surface area contributed by atoms with Gasteiger partial charge in [0.25, 0.3) is 0 Å². The van der Waals surface area contributed by atoms with Crippen LogP contribution in [0, 0.1) is 18.8 Å². The van der Waals surface area contributed by atoms with Gasteiger partial charge in [0.15, 0.2) is 0 Å². The van der Waals surface area contributed by atoms with Gasteiger partial charge in [-0.1, -0.05) is 32.0 Å². The minimum atomic E-state index is 0.446. The average Bonchev–Trinajstić information content (AvgIpc) is 2.33. The minimum absolute atomic E-state index is 0.446. The Labute approximate surface area is 110 Å². The van der Waals surface area contributed by atoms with E-state index in [1.165, 1.54) is 19.3 Å². The van der Waals surface area contributed by atoms with Crippen molar-refractivity contribution in [3.05, 3.63) is 29.3 Å². The summed E-state index contributed by atoms with van der Waals surface area (Å²) in [5.74, 6) is 2.05. The third kappa shape index (κ3) is 3.05. The van der Waals surface area contributed by atoms with Crippen molar-refractivity contribution in [2.75, 3.05) is 0 Å². The Morgan fingerprint density at radius 1 is 1.28 bits per heavy atom. The Balaban J connectivity index is 1.93. The zero-order chi connectivity index (χ0) is 13.1. The molecule has 0 radical (unpaired) electrons. The molecule has 1 aromatic carbocycles. The van der Waals surface area contributed by atoms with Crippen molar-refractivity contribution in [3.63, 3.8) is 0 Å². The first-order valence-electron chi connectivity index (χ1n) is 7.08. The van der Waals surface area contributed by atoms with Crippen LogP contribution in [0.2, 0.25) is 0 Å². The van der Waals surface area contributed by atoms with E-state index in [9.17, 15) is 5.11 Å². The SMILES string of the molecule is Cc1cccc(CNC2CCC(C)CC2C)c1O. The lowest BCUT2D eigenvalue weighted by atomic mass is 9.80. The van der Waals surface area contributed by atoms with Crippen LogP contribution in [0.5, 0.6) is 5.75 Å². The number of hydrogen-bond acceptors (Lipinski definition) is 2. The van der Waals surface area contributed by atoms with Crippen molar-refractivity contribution in [2.24, 2.45) is 11.8 Å². The molecule has 1 aliphatic carbocycles. The Hall–Kier alpha value is -1.02. The van der Waals surface area contributed by atoms with Gasteiger partial charge in [0.05, 0.1) is 0 Å². The van der Waals surface area contributed by atoms with Crippen molar-refractivity contribution >= 4 is 0 Å². The van der Waals surface area contributed by atoms with Crippen molar-refractivity contribution in [3.8, 4) is 5.75 Å². The quantitative estimate of drug-likeness (QED) is 0.855. The maximum atomic E-state index is 9.99. The molecule has 100 valence electrons. The van der Waals surface area contributed by atoms with Gasteiger partial charge in [0, 0.05) is 18.2 Å². The molecule has 1 fully saturated rings. The Morgan fingerprint density at radius 3 is 2.78 bits per heavy atom. The number of phenolic OH excluding ortho intramolecular Hbond substituents is 1. The van der Waals surface area contributed by atoms with Crippen LogP contribution >= 0.6 is 0 Å². The van der Waals surface area contributed by atoms with Crippen LogP contribution in [0.25, 0.3) is 0 Å². The lowest BCUT2D eigenvalue weighted by Gasteiger charge is -2.33. The Bertz CT molecular complexity index is 402. The van der Waals surface area contributed by atoms with E-state index in [0.29, 0.717) is 11.8 Å². The fourth-order valence-electron chi connectivity index (χ4n) is 3.07. The highest BCUT2D eigenvalue weighted by Crippen LogP contribution is 2.29. The minimum Gasteiger partial charge on any atom is -0.507 e. The van der Waals surface area contributed by atoms with E-state index < -0.39 is 0 Å². The first-order valence-corrected chi connectivity index (χ1v) is 7.08. The van der Waals surface area contributed by atoms with Crippen molar-refractivity contribution < 1.29 is 5.11 Å². The summed E-state index contributed by atoms with van der Waals surface area (Å²) in [6.07, 6.45) is 3.90. The molecule has 18 heavy (non-hydrogen) atoms. The standard InChI is InChI=1S/C16H25NO/c1-11-7-8-15(13(3)9-11)17-10-14-6-4-5-12(2)16(14)18/h4-6,11,13,15,17-18H,7-10H2,1-3H3. The van der Waals surface area contributed by atoms with Gasteiger partial charge in [-0.25, -0.2) is 0 Å². The molecule has 1 aromatic rings. The lowest BCUT2D eigenvalue weighted by Crippen LogP contribution is -2.38. The van der Waals surface area contributed by atoms with E-state index in [-0.39, 0.29) is 0 Å². The van der Waals surface area contributed by atoms with E-state index in [4.69, 9.17) is 0 Å². The van der Waals surface area contributed by atoms with Crippen molar-refractivity contribution in [1.29, 1.82) is 0 Å². The van der Waals surface area contributed by atoms with E-state index >= 15 is 0 Å². The monoisotopic (exact) mass is 247 g/mol. The number of aromatic hydroxyl groups is 1. The van der Waals surface area contributed by atoms with Crippen molar-refractivity contribution in [2.45, 2.75) is 52.6 Å². The van der Waals surface area contributed by atoms with Crippen LogP contribution < -0.4 is 5.32 Å². The molecule has 2 rings (SSSR count). The van der Waals surface area contributed by atoms with Crippen LogP contribution in [0.15, 0.2) is 18.2 Å². The van der Waals surface area contributed by atoms with Crippen LogP contribution in [0.3, 0.4) is 0 Å². The highest BCUT2D eigenvalue weighted by molar-refractivity contribution is 5.39. The summed E-state index contributed by atoms with van der Waals surface area (Å²) in [4.78, 5) is 0. The van der Waals surface area contributed by atoms with Gasteiger partial charge in [-0.05, 0) is 43.6 Å². The van der Waals surface area contributed by atoms with E-state index in [1.54, 1.807) is 0 Å². The van der Waals surface area contributed by atoms with Crippen LogP contribution in [-0.2, 0) is 6.54 Å². The van der Waals surface area contributed by atoms with Crippen molar-refractivity contribution in [1.82, 2.24) is 5.32 Å². The fraction of sp³-hybridized carbons (Fsp3) is 0.625. The lowest BCUT2D eigenvalue weighted by molar-refractivity contribution is 0.226. The van der Waals surface area contributed by atoms with Gasteiger partial charge in [-0.3, -0.25) is 0 Å². The van der Waals surface area contributed by atoms with Gasteiger partial charge in [-0.2, -0.15) is 0 Å². The molecule has 2 N–H and O–H groups in total. The van der Waals surface area contributed by atoms with E-state index in [0.717, 1.165) is 29.5 Å². The molecule has 0 aliphatic heterocycles. The van der Waals surface area contributed by atoms with Gasteiger partial charge in [0.2, 0.25) is 0 Å². The molecule has 1 saturated carbocycles. The second-order valence-corrected chi connectivity index (χ2v) is 5.97. The maximum absolute atomic E-state index is 9.99. The second-order valence-electron chi connectivity index (χ2n) is 5.97. The topological polar surface area (TPSA) is 32.3 Å². The first kappa shape index (κ1) is 13.4. The molecule has 0 spiro atoms. The highest BCUT2D eigenvalue weighted by atomic mass is 16.3. The Morgan fingerprint density at radius 2 is 2.06 bits per heavy atom.